The molecular weight excluding hydrogens is 408 g/mol. The molecule has 2 aliphatic heterocycles. The van der Waals surface area contributed by atoms with Crippen LogP contribution in [0.4, 0.5) is 0 Å². The van der Waals surface area contributed by atoms with E-state index in [4.69, 9.17) is 4.74 Å². The molecule has 0 unspecified atom stereocenters. The SMILES string of the molecule is COc1ccc(C(=O)N[C@@H]2CCSc3ccccc32)cc1S(=O)(=O)N1CCCC1. The molecule has 8 heteroatoms. The summed E-state index contributed by atoms with van der Waals surface area (Å²) in [5, 5.41) is 3.08. The van der Waals surface area contributed by atoms with E-state index in [9.17, 15) is 13.2 Å². The third-order valence-corrected chi connectivity index (χ3v) is 8.41. The second-order valence-corrected chi connectivity index (χ2v) is 10.2. The number of methoxy groups -OCH3 is 1. The highest BCUT2D eigenvalue weighted by Crippen LogP contribution is 2.36. The quantitative estimate of drug-likeness (QED) is 0.783. The van der Waals surface area contributed by atoms with Crippen LogP contribution in [0.1, 0.15) is 41.2 Å². The van der Waals surface area contributed by atoms with E-state index in [-0.39, 0.29) is 22.6 Å². The van der Waals surface area contributed by atoms with Gasteiger partial charge >= 0.3 is 0 Å². The third kappa shape index (κ3) is 4.01. The molecule has 1 amide bonds. The molecular formula is C21H24N2O4S2. The Hall–Kier alpha value is -2.03. The normalized spacial score (nSPS) is 19.6. The Morgan fingerprint density at radius 3 is 2.69 bits per heavy atom. The number of hydrogen-bond acceptors (Lipinski definition) is 5. The van der Waals surface area contributed by atoms with Crippen molar-refractivity contribution < 1.29 is 17.9 Å². The van der Waals surface area contributed by atoms with E-state index >= 15 is 0 Å². The zero-order valence-electron chi connectivity index (χ0n) is 16.3. The summed E-state index contributed by atoms with van der Waals surface area (Å²) < 4.78 is 32.8. The van der Waals surface area contributed by atoms with E-state index in [1.54, 1.807) is 23.9 Å². The van der Waals surface area contributed by atoms with Crippen LogP contribution in [0.15, 0.2) is 52.3 Å². The number of fused-ring (bicyclic) bond motifs is 1. The second-order valence-electron chi connectivity index (χ2n) is 7.18. The molecule has 0 aliphatic carbocycles. The van der Waals surface area contributed by atoms with Crippen molar-refractivity contribution in [1.29, 1.82) is 0 Å². The van der Waals surface area contributed by atoms with Crippen molar-refractivity contribution in [2.75, 3.05) is 26.0 Å². The minimum absolute atomic E-state index is 0.0501. The average molecular weight is 433 g/mol. The number of nitrogens with one attached hydrogen (secondary N) is 1. The molecule has 1 N–H and O–H groups in total. The van der Waals surface area contributed by atoms with E-state index in [0.29, 0.717) is 18.7 Å². The molecule has 6 nitrogen and oxygen atoms in total. The summed E-state index contributed by atoms with van der Waals surface area (Å²) in [5.74, 6) is 0.907. The van der Waals surface area contributed by atoms with Gasteiger partial charge in [-0.25, -0.2) is 8.42 Å². The van der Waals surface area contributed by atoms with Crippen molar-refractivity contribution in [3.63, 3.8) is 0 Å². The molecule has 154 valence electrons. The molecule has 1 saturated heterocycles. The van der Waals surface area contributed by atoms with Crippen LogP contribution in [-0.4, -0.2) is 44.6 Å². The van der Waals surface area contributed by atoms with Gasteiger partial charge in [-0.05, 0) is 49.1 Å². The Labute approximate surface area is 175 Å². The van der Waals surface area contributed by atoms with Gasteiger partial charge in [-0.3, -0.25) is 4.79 Å². The number of ether oxygens (including phenoxy) is 1. The van der Waals surface area contributed by atoms with Crippen molar-refractivity contribution in [3.8, 4) is 5.75 Å². The van der Waals surface area contributed by atoms with Crippen molar-refractivity contribution >= 4 is 27.7 Å². The van der Waals surface area contributed by atoms with Gasteiger partial charge in [-0.1, -0.05) is 18.2 Å². The van der Waals surface area contributed by atoms with Crippen molar-refractivity contribution in [2.45, 2.75) is 35.1 Å². The Kier molecular flexibility index (Phi) is 5.85. The smallest absolute Gasteiger partial charge is 0.251 e. The molecule has 2 aromatic carbocycles. The Balaban J connectivity index is 1.62. The minimum Gasteiger partial charge on any atom is -0.495 e. The number of hydrogen-bond donors (Lipinski definition) is 1. The molecule has 0 radical (unpaired) electrons. The van der Waals surface area contributed by atoms with Crippen molar-refractivity contribution in [2.24, 2.45) is 0 Å². The molecule has 0 spiro atoms. The average Bonchev–Trinajstić information content (AvgIpc) is 3.29. The standard InChI is InChI=1S/C21H24N2O4S2/c1-27-18-9-8-15(14-20(18)29(25,26)23-11-4-5-12-23)21(24)22-17-10-13-28-19-7-3-2-6-16(17)19/h2-3,6-9,14,17H,4-5,10-13H2,1H3,(H,22,24)/t17-/m1/s1. The predicted molar refractivity (Wildman–Crippen MR) is 113 cm³/mol. The van der Waals surface area contributed by atoms with Crippen LogP contribution in [0, 0.1) is 0 Å². The molecule has 2 heterocycles. The lowest BCUT2D eigenvalue weighted by molar-refractivity contribution is 0.0934. The fourth-order valence-corrected chi connectivity index (χ4v) is 6.64. The van der Waals surface area contributed by atoms with E-state index in [2.05, 4.69) is 11.4 Å². The summed E-state index contributed by atoms with van der Waals surface area (Å²) in [6, 6.07) is 12.6. The van der Waals surface area contributed by atoms with Crippen LogP contribution in [0.3, 0.4) is 0 Å². The maximum Gasteiger partial charge on any atom is 0.251 e. The summed E-state index contributed by atoms with van der Waals surface area (Å²) in [6.07, 6.45) is 2.53. The first-order chi connectivity index (χ1) is 14.0. The number of rotatable bonds is 5. The van der Waals surface area contributed by atoms with Gasteiger partial charge in [-0.2, -0.15) is 4.31 Å². The van der Waals surface area contributed by atoms with E-state index in [1.165, 1.54) is 22.4 Å². The molecule has 0 saturated carbocycles. The van der Waals surface area contributed by atoms with Crippen LogP contribution in [0.2, 0.25) is 0 Å². The molecule has 1 fully saturated rings. The molecule has 0 bridgehead atoms. The number of thioether (sulfide) groups is 1. The molecule has 4 rings (SSSR count). The fourth-order valence-electron chi connectivity index (χ4n) is 3.82. The highest BCUT2D eigenvalue weighted by atomic mass is 32.2. The summed E-state index contributed by atoms with van der Waals surface area (Å²) in [7, 11) is -2.26. The Bertz CT molecular complexity index is 1020. The molecule has 2 aliphatic rings. The molecule has 29 heavy (non-hydrogen) atoms. The summed E-state index contributed by atoms with van der Waals surface area (Å²) in [5.41, 5.74) is 1.43. The van der Waals surface area contributed by atoms with Crippen LogP contribution in [0.5, 0.6) is 5.75 Å². The lowest BCUT2D eigenvalue weighted by Gasteiger charge is -2.26. The molecule has 1 atom stereocenters. The number of carbonyl (C=O) groups is 1. The maximum absolute atomic E-state index is 13.1. The number of benzene rings is 2. The van der Waals surface area contributed by atoms with E-state index < -0.39 is 10.0 Å². The Morgan fingerprint density at radius 1 is 1.17 bits per heavy atom. The fraction of sp³-hybridized carbons (Fsp3) is 0.381. The first-order valence-corrected chi connectivity index (χ1v) is 12.1. The summed E-state index contributed by atoms with van der Waals surface area (Å²) >= 11 is 1.79. The number of nitrogens with zero attached hydrogens (tertiary/aromatic N) is 1. The monoisotopic (exact) mass is 432 g/mol. The van der Waals surface area contributed by atoms with Crippen LogP contribution >= 0.6 is 11.8 Å². The van der Waals surface area contributed by atoms with E-state index in [0.717, 1.165) is 30.6 Å². The van der Waals surface area contributed by atoms with E-state index in [1.807, 2.05) is 18.2 Å². The van der Waals surface area contributed by atoms with Gasteiger partial charge in [0.25, 0.3) is 5.91 Å². The van der Waals surface area contributed by atoms with Crippen molar-refractivity contribution in [1.82, 2.24) is 9.62 Å². The first-order valence-electron chi connectivity index (χ1n) is 9.71. The number of amides is 1. The van der Waals surface area contributed by atoms with Gasteiger partial charge in [-0.15, -0.1) is 11.8 Å². The minimum atomic E-state index is -3.69. The highest BCUT2D eigenvalue weighted by molar-refractivity contribution is 7.99. The first kappa shape index (κ1) is 20.3. The lowest BCUT2D eigenvalue weighted by atomic mass is 10.0. The van der Waals surface area contributed by atoms with Gasteiger partial charge in [0.05, 0.1) is 13.2 Å². The van der Waals surface area contributed by atoms with Gasteiger partial charge < -0.3 is 10.1 Å². The molecule has 0 aromatic heterocycles. The number of sulfonamides is 1. The van der Waals surface area contributed by atoms with Gasteiger partial charge in [0.1, 0.15) is 10.6 Å². The van der Waals surface area contributed by atoms with Crippen LogP contribution < -0.4 is 10.1 Å². The van der Waals surface area contributed by atoms with Crippen molar-refractivity contribution in [3.05, 3.63) is 53.6 Å². The van der Waals surface area contributed by atoms with Gasteiger partial charge in [0, 0.05) is 29.3 Å². The van der Waals surface area contributed by atoms with Crippen LogP contribution in [0.25, 0.3) is 0 Å². The predicted octanol–water partition coefficient (Wildman–Crippen LogP) is 3.45. The Morgan fingerprint density at radius 2 is 1.93 bits per heavy atom. The zero-order valence-corrected chi connectivity index (χ0v) is 17.9. The third-order valence-electron chi connectivity index (χ3n) is 5.37. The largest absolute Gasteiger partial charge is 0.495 e. The van der Waals surface area contributed by atoms with Gasteiger partial charge in [0.15, 0.2) is 0 Å². The summed E-state index contributed by atoms with van der Waals surface area (Å²) in [4.78, 5) is 14.2. The van der Waals surface area contributed by atoms with Crippen LogP contribution in [-0.2, 0) is 10.0 Å². The summed E-state index contributed by atoms with van der Waals surface area (Å²) in [6.45, 7) is 0.997. The molecule has 2 aromatic rings. The van der Waals surface area contributed by atoms with Gasteiger partial charge in [0.2, 0.25) is 10.0 Å². The lowest BCUT2D eigenvalue weighted by Crippen LogP contribution is -2.31. The maximum atomic E-state index is 13.1. The second kappa shape index (κ2) is 8.38. The highest BCUT2D eigenvalue weighted by Gasteiger charge is 2.31. The topological polar surface area (TPSA) is 75.7 Å². The number of carbonyl (C=O) groups excluding carboxylic acids is 1. The zero-order chi connectivity index (χ0) is 20.4.